The van der Waals surface area contributed by atoms with Crippen LogP contribution in [0.5, 0.6) is 0 Å². The van der Waals surface area contributed by atoms with Gasteiger partial charge in [0.15, 0.2) is 0 Å². The Morgan fingerprint density at radius 1 is 1.15 bits per heavy atom. The Balaban J connectivity index is 2.40. The van der Waals surface area contributed by atoms with Crippen molar-refractivity contribution in [1.29, 1.82) is 0 Å². The molecule has 0 heteroatoms. The van der Waals surface area contributed by atoms with Crippen LogP contribution in [0.4, 0.5) is 0 Å². The van der Waals surface area contributed by atoms with E-state index in [1.165, 1.54) is 5.57 Å². The number of hydrogen-bond acceptors (Lipinski definition) is 0. The molecule has 2 rings (SSSR count). The van der Waals surface area contributed by atoms with E-state index in [0.29, 0.717) is 5.92 Å². The molecule has 1 unspecified atom stereocenters. The van der Waals surface area contributed by atoms with E-state index >= 15 is 0 Å². The summed E-state index contributed by atoms with van der Waals surface area (Å²) >= 11 is 0. The van der Waals surface area contributed by atoms with Crippen LogP contribution in [0, 0.1) is 5.92 Å². The summed E-state index contributed by atoms with van der Waals surface area (Å²) in [5.41, 5.74) is 4.64. The Bertz CT molecular complexity index is 350. The van der Waals surface area contributed by atoms with Gasteiger partial charge < -0.3 is 0 Å². The zero-order chi connectivity index (χ0) is 9.42. The highest BCUT2D eigenvalue weighted by atomic mass is 14.3. The number of hydrogen-bond donors (Lipinski definition) is 0. The maximum atomic E-state index is 4.07. The first-order chi connectivity index (χ1) is 6.20. The van der Waals surface area contributed by atoms with Gasteiger partial charge in [0.25, 0.3) is 0 Å². The molecule has 0 spiro atoms. The molecule has 0 aliphatic heterocycles. The monoisotopic (exact) mass is 170 g/mol. The lowest BCUT2D eigenvalue weighted by Gasteiger charge is -2.31. The molecule has 0 radical (unpaired) electrons. The molecule has 0 amide bonds. The summed E-state index contributed by atoms with van der Waals surface area (Å²) in [5.74, 6) is 0.607. The van der Waals surface area contributed by atoms with Gasteiger partial charge in [-0.15, -0.1) is 0 Å². The molecule has 0 heterocycles. The van der Waals surface area contributed by atoms with Gasteiger partial charge in [-0.05, 0) is 41.1 Å². The largest absolute Gasteiger partial charge is 0.0952 e. The summed E-state index contributed by atoms with van der Waals surface area (Å²) in [6, 6.07) is 0. The van der Waals surface area contributed by atoms with E-state index in [2.05, 4.69) is 38.0 Å². The fourth-order valence-electron chi connectivity index (χ4n) is 2.03. The van der Waals surface area contributed by atoms with Crippen molar-refractivity contribution in [3.05, 3.63) is 60.3 Å². The van der Waals surface area contributed by atoms with Gasteiger partial charge in [-0.3, -0.25) is 0 Å². The Hall–Kier alpha value is -1.30. The fraction of sp³-hybridized carbons (Fsp3) is 0.231. The van der Waals surface area contributed by atoms with Crippen LogP contribution in [0.2, 0.25) is 0 Å². The zero-order valence-corrected chi connectivity index (χ0v) is 7.84. The molecule has 0 aromatic rings. The number of fused-ring (bicyclic) bond motifs is 1. The lowest BCUT2D eigenvalue weighted by molar-refractivity contribution is 0.605. The van der Waals surface area contributed by atoms with Gasteiger partial charge in [0, 0.05) is 0 Å². The molecule has 0 bridgehead atoms. The third kappa shape index (κ3) is 1.23. The maximum Gasteiger partial charge on any atom is -0.00809 e. The van der Waals surface area contributed by atoms with E-state index in [-0.39, 0.29) is 0 Å². The maximum absolute atomic E-state index is 4.07. The van der Waals surface area contributed by atoms with Crippen molar-refractivity contribution in [1.82, 2.24) is 0 Å². The first-order valence-corrected chi connectivity index (χ1v) is 4.63. The average molecular weight is 170 g/mol. The van der Waals surface area contributed by atoms with Gasteiger partial charge in [-0.2, -0.15) is 0 Å². The molecule has 1 saturated carbocycles. The fourth-order valence-corrected chi connectivity index (χ4v) is 2.03. The molecule has 66 valence electrons. The minimum absolute atomic E-state index is 0.607. The summed E-state index contributed by atoms with van der Waals surface area (Å²) < 4.78 is 0. The molecule has 2 aliphatic carbocycles. The Kier molecular flexibility index (Phi) is 1.84. The molecule has 1 atom stereocenters. The molecular weight excluding hydrogens is 156 g/mol. The predicted octanol–water partition coefficient (Wildman–Crippen LogP) is 3.56. The molecule has 0 aromatic heterocycles. The van der Waals surface area contributed by atoms with Crippen LogP contribution in [0.15, 0.2) is 60.3 Å². The van der Waals surface area contributed by atoms with Crippen LogP contribution in [-0.4, -0.2) is 0 Å². The highest BCUT2D eigenvalue weighted by Gasteiger charge is 2.26. The number of rotatable bonds is 0. The van der Waals surface area contributed by atoms with Gasteiger partial charge >= 0.3 is 0 Å². The van der Waals surface area contributed by atoms with Crippen molar-refractivity contribution in [3.8, 4) is 0 Å². The second kappa shape index (κ2) is 2.88. The van der Waals surface area contributed by atoms with Crippen molar-refractivity contribution in [2.75, 3.05) is 0 Å². The second-order valence-electron chi connectivity index (χ2n) is 3.75. The van der Waals surface area contributed by atoms with Crippen molar-refractivity contribution in [3.63, 3.8) is 0 Å². The van der Waals surface area contributed by atoms with E-state index in [1.54, 1.807) is 0 Å². The Morgan fingerprint density at radius 3 is 2.69 bits per heavy atom. The average Bonchev–Trinajstić information content (AvgIpc) is 2.15. The molecular formula is C13H14. The molecule has 0 aromatic carbocycles. The third-order valence-corrected chi connectivity index (χ3v) is 2.90. The van der Waals surface area contributed by atoms with Crippen LogP contribution in [0.25, 0.3) is 0 Å². The van der Waals surface area contributed by atoms with Crippen molar-refractivity contribution >= 4 is 0 Å². The van der Waals surface area contributed by atoms with Crippen LogP contribution in [-0.2, 0) is 0 Å². The van der Waals surface area contributed by atoms with E-state index in [9.17, 15) is 0 Å². The first-order valence-electron chi connectivity index (χ1n) is 4.63. The molecule has 2 aliphatic rings. The van der Waals surface area contributed by atoms with Crippen molar-refractivity contribution in [2.24, 2.45) is 5.92 Å². The smallest absolute Gasteiger partial charge is 0.00809 e. The summed E-state index contributed by atoms with van der Waals surface area (Å²) in [6.07, 6.45) is 8.65. The summed E-state index contributed by atoms with van der Waals surface area (Å²) in [5, 5.41) is 0. The molecule has 0 nitrogen and oxygen atoms in total. The minimum Gasteiger partial charge on any atom is -0.0952 e. The molecule has 1 fully saturated rings. The molecule has 13 heavy (non-hydrogen) atoms. The van der Waals surface area contributed by atoms with Gasteiger partial charge in [-0.1, -0.05) is 38.0 Å². The van der Waals surface area contributed by atoms with E-state index in [4.69, 9.17) is 0 Å². The second-order valence-corrected chi connectivity index (χ2v) is 3.75. The van der Waals surface area contributed by atoms with Gasteiger partial charge in [0.2, 0.25) is 0 Å². The van der Waals surface area contributed by atoms with Crippen LogP contribution in [0.3, 0.4) is 0 Å². The summed E-state index contributed by atoms with van der Waals surface area (Å²) in [6.45, 7) is 12.1. The zero-order valence-electron chi connectivity index (χ0n) is 7.84. The van der Waals surface area contributed by atoms with Crippen molar-refractivity contribution in [2.45, 2.75) is 12.8 Å². The van der Waals surface area contributed by atoms with Crippen LogP contribution < -0.4 is 0 Å². The third-order valence-electron chi connectivity index (χ3n) is 2.90. The summed E-state index contributed by atoms with van der Waals surface area (Å²) in [4.78, 5) is 0. The molecule has 0 N–H and O–H groups in total. The van der Waals surface area contributed by atoms with Gasteiger partial charge in [-0.25, -0.2) is 0 Å². The predicted molar refractivity (Wildman–Crippen MR) is 57.4 cm³/mol. The lowest BCUT2D eigenvalue weighted by Crippen LogP contribution is -2.16. The normalized spacial score (nSPS) is 27.2. The number of allylic oxidation sites excluding steroid dienone is 7. The van der Waals surface area contributed by atoms with Crippen LogP contribution >= 0.6 is 0 Å². The molecule has 0 saturated heterocycles. The Morgan fingerprint density at radius 2 is 1.92 bits per heavy atom. The van der Waals surface area contributed by atoms with Crippen LogP contribution in [0.1, 0.15) is 12.8 Å². The Labute approximate surface area is 79.7 Å². The minimum atomic E-state index is 0.607. The van der Waals surface area contributed by atoms with E-state index in [0.717, 1.165) is 29.6 Å². The highest BCUT2D eigenvalue weighted by molar-refractivity contribution is 5.58. The lowest BCUT2D eigenvalue weighted by atomic mass is 9.73. The quantitative estimate of drug-likeness (QED) is 0.521. The summed E-state index contributed by atoms with van der Waals surface area (Å²) in [7, 11) is 0. The van der Waals surface area contributed by atoms with Crippen molar-refractivity contribution < 1.29 is 0 Å². The first kappa shape index (κ1) is 8.31. The van der Waals surface area contributed by atoms with Gasteiger partial charge in [0.05, 0.1) is 0 Å². The van der Waals surface area contributed by atoms with E-state index < -0.39 is 0 Å². The SMILES string of the molecule is C=C1CC2CC=CC=C2C(=C)C1=C. The highest BCUT2D eigenvalue weighted by Crippen LogP contribution is 2.41. The van der Waals surface area contributed by atoms with Gasteiger partial charge in [0.1, 0.15) is 0 Å². The standard InChI is InChI=1S/C13H14/c1-9-8-12-6-4-5-7-13(12)11(3)10(9)2/h4-5,7,12H,1-3,6,8H2. The topological polar surface area (TPSA) is 0 Å². The van der Waals surface area contributed by atoms with E-state index in [1.807, 2.05) is 0 Å².